The lowest BCUT2D eigenvalue weighted by atomic mass is 9.84. The maximum absolute atomic E-state index is 4.86. The minimum atomic E-state index is 0.0813. The smallest absolute Gasteiger partial charge is 0.225 e. The highest BCUT2D eigenvalue weighted by molar-refractivity contribution is 5.36. The van der Waals surface area contributed by atoms with Crippen LogP contribution in [0.3, 0.4) is 0 Å². The largest absolute Gasteiger partial charge is 0.343 e. The van der Waals surface area contributed by atoms with Crippen molar-refractivity contribution in [1.29, 1.82) is 0 Å². The maximum Gasteiger partial charge on any atom is 0.225 e. The lowest BCUT2D eigenvalue weighted by Crippen LogP contribution is -2.34. The van der Waals surface area contributed by atoms with E-state index >= 15 is 0 Å². The van der Waals surface area contributed by atoms with E-state index in [1.807, 2.05) is 6.20 Å². The van der Waals surface area contributed by atoms with Crippen LogP contribution < -0.4 is 4.90 Å². The number of hydrogen-bond donors (Lipinski definition) is 0. The van der Waals surface area contributed by atoms with Crippen LogP contribution in [0.5, 0.6) is 0 Å². The average molecular weight is 306 g/mol. The summed E-state index contributed by atoms with van der Waals surface area (Å²) in [4.78, 5) is 14.1. The normalized spacial score (nSPS) is 12.3. The van der Waals surface area contributed by atoms with E-state index < -0.39 is 0 Å². The molecular formula is C18H34N4. The molecule has 0 atom stereocenters. The van der Waals surface area contributed by atoms with Gasteiger partial charge in [0.1, 0.15) is 0 Å². The molecule has 1 aromatic heterocycles. The van der Waals surface area contributed by atoms with Crippen LogP contribution >= 0.6 is 0 Å². The van der Waals surface area contributed by atoms with Gasteiger partial charge in [0.2, 0.25) is 5.95 Å². The number of nitrogens with zero attached hydrogens (tertiary/aromatic N) is 4. The van der Waals surface area contributed by atoms with Gasteiger partial charge in [0.05, 0.1) is 5.69 Å². The highest BCUT2D eigenvalue weighted by Crippen LogP contribution is 2.29. The Hall–Kier alpha value is -1.16. The van der Waals surface area contributed by atoms with E-state index in [2.05, 4.69) is 70.3 Å². The van der Waals surface area contributed by atoms with Gasteiger partial charge in [0.15, 0.2) is 0 Å². The van der Waals surface area contributed by atoms with Crippen molar-refractivity contribution in [1.82, 2.24) is 14.9 Å². The van der Waals surface area contributed by atoms with Gasteiger partial charge >= 0.3 is 0 Å². The van der Waals surface area contributed by atoms with Gasteiger partial charge in [-0.25, -0.2) is 9.97 Å². The number of likely N-dealkylation sites (N-methyl/N-ethyl adjacent to an activating group) is 2. The number of hydrogen-bond acceptors (Lipinski definition) is 4. The van der Waals surface area contributed by atoms with Crippen LogP contribution in [-0.2, 0) is 5.41 Å². The molecule has 0 fully saturated rings. The van der Waals surface area contributed by atoms with Crippen molar-refractivity contribution in [3.63, 3.8) is 0 Å². The standard InChI is InChI=1S/C18H34N4/c1-9-22(10-2)12-11-21(8)17-19-13-15(18(5,6)7)16(20-17)14(3)4/h13-14H,9-12H2,1-8H3. The van der Waals surface area contributed by atoms with Crippen molar-refractivity contribution >= 4 is 5.95 Å². The Morgan fingerprint density at radius 2 is 1.68 bits per heavy atom. The third-order valence-electron chi connectivity index (χ3n) is 4.15. The monoisotopic (exact) mass is 306 g/mol. The Kier molecular flexibility index (Phi) is 6.79. The molecule has 0 N–H and O–H groups in total. The molecule has 0 bridgehead atoms. The lowest BCUT2D eigenvalue weighted by Gasteiger charge is -2.27. The van der Waals surface area contributed by atoms with Gasteiger partial charge in [0.25, 0.3) is 0 Å². The summed E-state index contributed by atoms with van der Waals surface area (Å²) in [6.07, 6.45) is 2.02. The summed E-state index contributed by atoms with van der Waals surface area (Å²) in [6, 6.07) is 0. The quantitative estimate of drug-likeness (QED) is 0.769. The molecule has 126 valence electrons. The SMILES string of the molecule is CCN(CC)CCN(C)c1ncc(C(C)(C)C)c(C(C)C)n1. The molecule has 0 spiro atoms. The highest BCUT2D eigenvalue weighted by Gasteiger charge is 2.22. The van der Waals surface area contributed by atoms with Crippen LogP contribution in [0.1, 0.15) is 65.6 Å². The molecular weight excluding hydrogens is 272 g/mol. The van der Waals surface area contributed by atoms with E-state index in [0.29, 0.717) is 5.92 Å². The minimum Gasteiger partial charge on any atom is -0.343 e. The van der Waals surface area contributed by atoms with Crippen molar-refractivity contribution in [3.8, 4) is 0 Å². The second-order valence-corrected chi connectivity index (χ2v) is 7.32. The van der Waals surface area contributed by atoms with Gasteiger partial charge in [-0.1, -0.05) is 48.5 Å². The zero-order valence-corrected chi connectivity index (χ0v) is 15.8. The van der Waals surface area contributed by atoms with Crippen LogP contribution in [-0.4, -0.2) is 48.1 Å². The molecule has 1 aromatic rings. The molecule has 0 radical (unpaired) electrons. The van der Waals surface area contributed by atoms with Crippen LogP contribution in [0.25, 0.3) is 0 Å². The molecule has 4 heteroatoms. The summed E-state index contributed by atoms with van der Waals surface area (Å²) in [7, 11) is 2.08. The minimum absolute atomic E-state index is 0.0813. The van der Waals surface area contributed by atoms with E-state index in [9.17, 15) is 0 Å². The lowest BCUT2D eigenvalue weighted by molar-refractivity contribution is 0.310. The van der Waals surface area contributed by atoms with Crippen LogP contribution in [0.4, 0.5) is 5.95 Å². The van der Waals surface area contributed by atoms with Crippen molar-refractivity contribution in [2.24, 2.45) is 0 Å². The summed E-state index contributed by atoms with van der Waals surface area (Å²) in [5, 5.41) is 0. The third kappa shape index (κ3) is 4.94. The number of rotatable bonds is 7. The fourth-order valence-electron chi connectivity index (χ4n) is 2.52. The Balaban J connectivity index is 2.94. The van der Waals surface area contributed by atoms with Gasteiger partial charge in [-0.05, 0) is 30.0 Å². The Labute approximate surface area is 136 Å². The van der Waals surface area contributed by atoms with Crippen molar-refractivity contribution in [3.05, 3.63) is 17.5 Å². The summed E-state index contributed by atoms with van der Waals surface area (Å²) in [6.45, 7) is 19.7. The molecule has 0 aliphatic rings. The summed E-state index contributed by atoms with van der Waals surface area (Å²) in [5.74, 6) is 1.25. The zero-order chi connectivity index (χ0) is 16.9. The topological polar surface area (TPSA) is 32.3 Å². The molecule has 1 heterocycles. The first kappa shape index (κ1) is 18.9. The molecule has 0 aliphatic carbocycles. The molecule has 0 aliphatic heterocycles. The summed E-state index contributed by atoms with van der Waals surface area (Å²) >= 11 is 0. The maximum atomic E-state index is 4.86. The first-order chi connectivity index (χ1) is 10.2. The van der Waals surface area contributed by atoms with E-state index in [0.717, 1.165) is 32.1 Å². The van der Waals surface area contributed by atoms with E-state index in [4.69, 9.17) is 4.98 Å². The van der Waals surface area contributed by atoms with Crippen molar-refractivity contribution in [2.45, 2.75) is 59.8 Å². The van der Waals surface area contributed by atoms with Gasteiger partial charge in [-0.15, -0.1) is 0 Å². The Bertz CT molecular complexity index is 459. The fourth-order valence-corrected chi connectivity index (χ4v) is 2.52. The second kappa shape index (κ2) is 7.91. The van der Waals surface area contributed by atoms with Gasteiger partial charge in [0, 0.05) is 26.3 Å². The Morgan fingerprint density at radius 1 is 1.09 bits per heavy atom. The molecule has 0 saturated carbocycles. The molecule has 0 unspecified atom stereocenters. The molecule has 0 amide bonds. The van der Waals surface area contributed by atoms with Crippen LogP contribution in [0.2, 0.25) is 0 Å². The van der Waals surface area contributed by atoms with Crippen molar-refractivity contribution in [2.75, 3.05) is 38.1 Å². The average Bonchev–Trinajstić information content (AvgIpc) is 2.46. The first-order valence-electron chi connectivity index (χ1n) is 8.51. The highest BCUT2D eigenvalue weighted by atomic mass is 15.3. The van der Waals surface area contributed by atoms with Crippen LogP contribution in [0, 0.1) is 0 Å². The molecule has 1 rings (SSSR count). The fraction of sp³-hybridized carbons (Fsp3) is 0.778. The van der Waals surface area contributed by atoms with Crippen LogP contribution in [0.15, 0.2) is 6.20 Å². The molecule has 22 heavy (non-hydrogen) atoms. The zero-order valence-electron chi connectivity index (χ0n) is 15.8. The van der Waals surface area contributed by atoms with E-state index in [-0.39, 0.29) is 5.41 Å². The van der Waals surface area contributed by atoms with Crippen molar-refractivity contribution < 1.29 is 0 Å². The predicted octanol–water partition coefficient (Wildman–Crippen LogP) is 3.68. The third-order valence-corrected chi connectivity index (χ3v) is 4.15. The van der Waals surface area contributed by atoms with Gasteiger partial charge < -0.3 is 9.80 Å². The molecule has 4 nitrogen and oxygen atoms in total. The molecule has 0 saturated heterocycles. The first-order valence-corrected chi connectivity index (χ1v) is 8.51. The van der Waals surface area contributed by atoms with E-state index in [1.54, 1.807) is 0 Å². The summed E-state index contributed by atoms with van der Waals surface area (Å²) in [5.41, 5.74) is 2.51. The van der Waals surface area contributed by atoms with Gasteiger partial charge in [-0.2, -0.15) is 0 Å². The molecule has 0 aromatic carbocycles. The Morgan fingerprint density at radius 3 is 2.14 bits per heavy atom. The summed E-state index contributed by atoms with van der Waals surface area (Å²) < 4.78 is 0. The predicted molar refractivity (Wildman–Crippen MR) is 95.9 cm³/mol. The van der Waals surface area contributed by atoms with E-state index in [1.165, 1.54) is 11.3 Å². The number of aromatic nitrogens is 2. The number of anilines is 1. The second-order valence-electron chi connectivity index (χ2n) is 7.32. The van der Waals surface area contributed by atoms with Gasteiger partial charge in [-0.3, -0.25) is 0 Å².